The number of hydrogen-bond acceptors (Lipinski definition) is 2. The Morgan fingerprint density at radius 3 is 2.94 bits per heavy atom. The second kappa shape index (κ2) is 6.18. The monoisotopic (exact) mass is 232 g/mol. The molecule has 2 rings (SSSR count). The largest absolute Gasteiger partial charge is 0.313 e. The van der Waals surface area contributed by atoms with Gasteiger partial charge in [-0.25, -0.2) is 0 Å². The Kier molecular flexibility index (Phi) is 4.57. The van der Waals surface area contributed by atoms with Gasteiger partial charge in [-0.3, -0.25) is 0 Å². The molecule has 1 saturated heterocycles. The van der Waals surface area contributed by atoms with E-state index in [4.69, 9.17) is 0 Å². The van der Waals surface area contributed by atoms with Crippen molar-refractivity contribution in [3.63, 3.8) is 0 Å². The fraction of sp³-hybridized carbons (Fsp3) is 0.600. The highest BCUT2D eigenvalue weighted by Crippen LogP contribution is 2.09. The Morgan fingerprint density at radius 2 is 2.12 bits per heavy atom. The summed E-state index contributed by atoms with van der Waals surface area (Å²) >= 11 is 0. The van der Waals surface area contributed by atoms with Gasteiger partial charge in [0.25, 0.3) is 0 Å². The van der Waals surface area contributed by atoms with Gasteiger partial charge in [0.1, 0.15) is 0 Å². The van der Waals surface area contributed by atoms with E-state index in [-0.39, 0.29) is 0 Å². The molecule has 1 aromatic rings. The van der Waals surface area contributed by atoms with Crippen molar-refractivity contribution in [2.75, 3.05) is 26.2 Å². The fourth-order valence-electron chi connectivity index (χ4n) is 2.45. The Balaban J connectivity index is 1.83. The van der Waals surface area contributed by atoms with Crippen LogP contribution in [0.15, 0.2) is 24.3 Å². The quantitative estimate of drug-likeness (QED) is 0.859. The van der Waals surface area contributed by atoms with Crippen LogP contribution in [0.1, 0.15) is 24.5 Å². The van der Waals surface area contributed by atoms with Gasteiger partial charge in [0, 0.05) is 25.7 Å². The molecule has 17 heavy (non-hydrogen) atoms. The standard InChI is InChI=1S/C15H24N2/c1-13-5-3-4-6-15(13)8-11-17-10-7-14(2)16-9-12-17/h3-6,14,16H,7-12H2,1-2H3. The van der Waals surface area contributed by atoms with E-state index in [9.17, 15) is 0 Å². The van der Waals surface area contributed by atoms with Gasteiger partial charge >= 0.3 is 0 Å². The lowest BCUT2D eigenvalue weighted by Crippen LogP contribution is -2.30. The first-order chi connectivity index (χ1) is 8.25. The summed E-state index contributed by atoms with van der Waals surface area (Å²) in [4.78, 5) is 2.59. The molecule has 0 aliphatic carbocycles. The van der Waals surface area contributed by atoms with Crippen molar-refractivity contribution in [3.8, 4) is 0 Å². The summed E-state index contributed by atoms with van der Waals surface area (Å²) in [6.45, 7) is 9.25. The van der Waals surface area contributed by atoms with Crippen molar-refractivity contribution in [3.05, 3.63) is 35.4 Å². The number of aryl methyl sites for hydroxylation is 1. The van der Waals surface area contributed by atoms with E-state index in [1.54, 1.807) is 0 Å². The summed E-state index contributed by atoms with van der Waals surface area (Å²) in [6.07, 6.45) is 2.45. The highest BCUT2D eigenvalue weighted by molar-refractivity contribution is 5.25. The summed E-state index contributed by atoms with van der Waals surface area (Å²) in [6, 6.07) is 9.42. The van der Waals surface area contributed by atoms with E-state index in [2.05, 4.69) is 48.3 Å². The van der Waals surface area contributed by atoms with E-state index >= 15 is 0 Å². The SMILES string of the molecule is Cc1ccccc1CCN1CCNC(C)CC1. The Labute approximate surface area is 105 Å². The van der Waals surface area contributed by atoms with E-state index < -0.39 is 0 Å². The predicted octanol–water partition coefficient (Wildman–Crippen LogP) is 2.22. The van der Waals surface area contributed by atoms with Crippen LogP contribution in [0.5, 0.6) is 0 Å². The highest BCUT2D eigenvalue weighted by atomic mass is 15.2. The fourth-order valence-corrected chi connectivity index (χ4v) is 2.45. The van der Waals surface area contributed by atoms with Crippen LogP contribution < -0.4 is 5.32 Å². The van der Waals surface area contributed by atoms with Gasteiger partial charge in [-0.05, 0) is 44.4 Å². The lowest BCUT2D eigenvalue weighted by Gasteiger charge is -2.19. The van der Waals surface area contributed by atoms with Gasteiger partial charge in [0.2, 0.25) is 0 Å². The van der Waals surface area contributed by atoms with Gasteiger partial charge < -0.3 is 10.2 Å². The van der Waals surface area contributed by atoms with Crippen LogP contribution in [0.3, 0.4) is 0 Å². The number of nitrogens with zero attached hydrogens (tertiary/aromatic N) is 1. The first-order valence-electron chi connectivity index (χ1n) is 6.76. The minimum Gasteiger partial charge on any atom is -0.313 e. The molecule has 0 bridgehead atoms. The summed E-state index contributed by atoms with van der Waals surface area (Å²) in [5.74, 6) is 0. The molecule has 1 aliphatic rings. The van der Waals surface area contributed by atoms with Gasteiger partial charge in [-0.15, -0.1) is 0 Å². The van der Waals surface area contributed by atoms with Gasteiger partial charge in [-0.1, -0.05) is 24.3 Å². The molecular formula is C15H24N2. The maximum absolute atomic E-state index is 3.54. The van der Waals surface area contributed by atoms with Crippen LogP contribution in [-0.2, 0) is 6.42 Å². The zero-order valence-corrected chi connectivity index (χ0v) is 11.1. The van der Waals surface area contributed by atoms with Gasteiger partial charge in [0.05, 0.1) is 0 Å². The third-order valence-corrected chi connectivity index (χ3v) is 3.76. The molecule has 1 heterocycles. The highest BCUT2D eigenvalue weighted by Gasteiger charge is 2.12. The lowest BCUT2D eigenvalue weighted by atomic mass is 10.1. The van der Waals surface area contributed by atoms with E-state index in [1.165, 1.54) is 43.6 Å². The summed E-state index contributed by atoms with van der Waals surface area (Å²) < 4.78 is 0. The minimum absolute atomic E-state index is 0.679. The van der Waals surface area contributed by atoms with Crippen molar-refractivity contribution in [2.24, 2.45) is 0 Å². The van der Waals surface area contributed by atoms with Crippen LogP contribution in [0.4, 0.5) is 0 Å². The van der Waals surface area contributed by atoms with Crippen LogP contribution in [0.25, 0.3) is 0 Å². The number of rotatable bonds is 3. The summed E-state index contributed by atoms with van der Waals surface area (Å²) in [7, 11) is 0. The molecule has 1 N–H and O–H groups in total. The summed E-state index contributed by atoms with van der Waals surface area (Å²) in [5.41, 5.74) is 2.92. The maximum Gasteiger partial charge on any atom is 0.0107 e. The molecule has 1 atom stereocenters. The van der Waals surface area contributed by atoms with Crippen LogP contribution in [-0.4, -0.2) is 37.1 Å². The number of hydrogen-bond donors (Lipinski definition) is 1. The molecule has 1 aromatic carbocycles. The molecule has 0 spiro atoms. The van der Waals surface area contributed by atoms with Crippen molar-refractivity contribution in [2.45, 2.75) is 32.7 Å². The number of benzene rings is 1. The van der Waals surface area contributed by atoms with E-state index in [1.807, 2.05) is 0 Å². The average molecular weight is 232 g/mol. The van der Waals surface area contributed by atoms with E-state index in [0.717, 1.165) is 6.54 Å². The first-order valence-corrected chi connectivity index (χ1v) is 6.76. The normalized spacial score (nSPS) is 22.4. The molecule has 1 aliphatic heterocycles. The van der Waals surface area contributed by atoms with Gasteiger partial charge in [0.15, 0.2) is 0 Å². The molecule has 2 nitrogen and oxygen atoms in total. The zero-order chi connectivity index (χ0) is 12.1. The molecule has 1 fully saturated rings. The molecule has 0 amide bonds. The molecule has 94 valence electrons. The molecule has 0 saturated carbocycles. The van der Waals surface area contributed by atoms with Crippen LogP contribution in [0.2, 0.25) is 0 Å². The van der Waals surface area contributed by atoms with Crippen LogP contribution >= 0.6 is 0 Å². The van der Waals surface area contributed by atoms with Gasteiger partial charge in [-0.2, -0.15) is 0 Å². The van der Waals surface area contributed by atoms with Crippen molar-refractivity contribution >= 4 is 0 Å². The summed E-state index contributed by atoms with van der Waals surface area (Å²) in [5, 5.41) is 3.54. The molecular weight excluding hydrogens is 208 g/mol. The topological polar surface area (TPSA) is 15.3 Å². The zero-order valence-electron chi connectivity index (χ0n) is 11.1. The molecule has 0 aromatic heterocycles. The van der Waals surface area contributed by atoms with Crippen molar-refractivity contribution in [1.29, 1.82) is 0 Å². The second-order valence-electron chi connectivity index (χ2n) is 5.16. The third-order valence-electron chi connectivity index (χ3n) is 3.76. The minimum atomic E-state index is 0.679. The lowest BCUT2D eigenvalue weighted by molar-refractivity contribution is 0.294. The second-order valence-corrected chi connectivity index (χ2v) is 5.16. The Morgan fingerprint density at radius 1 is 1.29 bits per heavy atom. The Hall–Kier alpha value is -0.860. The van der Waals surface area contributed by atoms with Crippen molar-refractivity contribution in [1.82, 2.24) is 10.2 Å². The Bertz CT molecular complexity index is 349. The first kappa shape index (κ1) is 12.6. The van der Waals surface area contributed by atoms with Crippen LogP contribution in [0, 0.1) is 6.92 Å². The van der Waals surface area contributed by atoms with Crippen molar-refractivity contribution < 1.29 is 0 Å². The number of nitrogens with one attached hydrogen (secondary N) is 1. The van der Waals surface area contributed by atoms with E-state index in [0.29, 0.717) is 6.04 Å². The maximum atomic E-state index is 3.54. The molecule has 1 unspecified atom stereocenters. The smallest absolute Gasteiger partial charge is 0.0107 e. The molecule has 0 radical (unpaired) electrons. The average Bonchev–Trinajstić information content (AvgIpc) is 2.53. The predicted molar refractivity (Wildman–Crippen MR) is 73.4 cm³/mol. The molecule has 2 heteroatoms. The third kappa shape index (κ3) is 3.83.